The number of hydrogen-bond donors (Lipinski definition) is 1. The quantitative estimate of drug-likeness (QED) is 0.925. The lowest BCUT2D eigenvalue weighted by Gasteiger charge is -2.27. The van der Waals surface area contributed by atoms with Crippen LogP contribution in [0.3, 0.4) is 0 Å². The number of likely N-dealkylation sites (N-methyl/N-ethyl adjacent to an activating group) is 1. The lowest BCUT2D eigenvalue weighted by molar-refractivity contribution is 0.0574. The summed E-state index contributed by atoms with van der Waals surface area (Å²) in [6.07, 6.45) is 0.651. The van der Waals surface area contributed by atoms with Crippen molar-refractivity contribution in [2.75, 3.05) is 26.0 Å². The Morgan fingerprint density at radius 3 is 2.45 bits per heavy atom. The molecule has 1 aromatic rings. The Balaban J connectivity index is 2.25. The summed E-state index contributed by atoms with van der Waals surface area (Å²) in [7, 11) is 3.05. The lowest BCUT2D eigenvalue weighted by Crippen LogP contribution is -2.41. The fraction of sp³-hybridized carbons (Fsp3) is 0.500. The number of hydrogen-bond acceptors (Lipinski definition) is 3. The molecule has 1 N–H and O–H groups in total. The van der Waals surface area contributed by atoms with Gasteiger partial charge >= 0.3 is 0 Å². The molecule has 110 valence electrons. The Bertz CT molecular complexity index is 499. The van der Waals surface area contributed by atoms with Gasteiger partial charge in [0.2, 0.25) is 0 Å². The number of rotatable bonds is 3. The molecule has 1 aliphatic rings. The van der Waals surface area contributed by atoms with Crippen molar-refractivity contribution in [1.29, 1.82) is 0 Å². The minimum atomic E-state index is -0.778. The second-order valence-corrected chi connectivity index (χ2v) is 4.91. The first-order valence-electron chi connectivity index (χ1n) is 6.51. The molecule has 1 saturated heterocycles. The van der Waals surface area contributed by atoms with Crippen molar-refractivity contribution >= 4 is 11.6 Å². The van der Waals surface area contributed by atoms with Gasteiger partial charge in [-0.3, -0.25) is 4.79 Å². The number of benzene rings is 1. The van der Waals surface area contributed by atoms with E-state index in [1.807, 2.05) is 6.92 Å². The summed E-state index contributed by atoms with van der Waals surface area (Å²) in [5.74, 6) is -1.97. The highest BCUT2D eigenvalue weighted by Gasteiger charge is 2.31. The van der Waals surface area contributed by atoms with Gasteiger partial charge in [-0.1, -0.05) is 0 Å². The number of ether oxygens (including phenoxy) is 1. The van der Waals surface area contributed by atoms with Gasteiger partial charge in [-0.2, -0.15) is 0 Å². The number of nitrogens with one attached hydrogen (secondary N) is 1. The summed E-state index contributed by atoms with van der Waals surface area (Å²) in [6.45, 7) is 2.47. The first-order chi connectivity index (χ1) is 9.45. The van der Waals surface area contributed by atoms with Gasteiger partial charge in [-0.25, -0.2) is 8.78 Å². The fourth-order valence-electron chi connectivity index (χ4n) is 2.52. The minimum Gasteiger partial charge on any atom is -0.383 e. The highest BCUT2D eigenvalue weighted by atomic mass is 19.1. The summed E-state index contributed by atoms with van der Waals surface area (Å²) in [5, 5.41) is 2.43. The Hall–Kier alpha value is -1.69. The monoisotopic (exact) mass is 284 g/mol. The van der Waals surface area contributed by atoms with Crippen LogP contribution in [0.25, 0.3) is 0 Å². The highest BCUT2D eigenvalue weighted by Crippen LogP contribution is 2.24. The van der Waals surface area contributed by atoms with Crippen molar-refractivity contribution in [2.45, 2.75) is 25.5 Å². The number of anilines is 1. The van der Waals surface area contributed by atoms with Crippen LogP contribution in [0.5, 0.6) is 0 Å². The van der Waals surface area contributed by atoms with Crippen LogP contribution in [0.1, 0.15) is 23.7 Å². The van der Waals surface area contributed by atoms with E-state index in [2.05, 4.69) is 5.32 Å². The molecule has 0 bridgehead atoms. The molecular weight excluding hydrogens is 266 g/mol. The van der Waals surface area contributed by atoms with E-state index in [9.17, 15) is 13.6 Å². The molecule has 1 fully saturated rings. The van der Waals surface area contributed by atoms with Crippen LogP contribution in [-0.2, 0) is 4.74 Å². The molecule has 0 radical (unpaired) electrons. The van der Waals surface area contributed by atoms with Crippen LogP contribution in [0.15, 0.2) is 12.1 Å². The van der Waals surface area contributed by atoms with Crippen LogP contribution in [0.4, 0.5) is 14.5 Å². The number of amides is 1. The Morgan fingerprint density at radius 1 is 1.40 bits per heavy atom. The topological polar surface area (TPSA) is 41.6 Å². The van der Waals surface area contributed by atoms with Crippen LogP contribution >= 0.6 is 0 Å². The molecular formula is C14H18F2N2O2. The van der Waals surface area contributed by atoms with E-state index in [1.54, 1.807) is 7.05 Å². The second-order valence-electron chi connectivity index (χ2n) is 4.91. The van der Waals surface area contributed by atoms with Crippen LogP contribution in [0.2, 0.25) is 0 Å². The molecule has 2 unspecified atom stereocenters. The molecule has 0 saturated carbocycles. The Kier molecular flexibility index (Phi) is 4.23. The summed E-state index contributed by atoms with van der Waals surface area (Å²) in [4.78, 5) is 13.8. The lowest BCUT2D eigenvalue weighted by atomic mass is 10.1. The van der Waals surface area contributed by atoms with Gasteiger partial charge in [0.05, 0.1) is 12.1 Å². The molecule has 0 aliphatic carbocycles. The fourth-order valence-corrected chi connectivity index (χ4v) is 2.52. The van der Waals surface area contributed by atoms with Crippen LogP contribution in [0, 0.1) is 11.6 Å². The van der Waals surface area contributed by atoms with Crippen LogP contribution in [-0.4, -0.2) is 43.7 Å². The first-order valence-corrected chi connectivity index (χ1v) is 6.51. The predicted octanol–water partition coefficient (Wildman–Crippen LogP) is 2.26. The maximum Gasteiger partial charge on any atom is 0.254 e. The Labute approximate surface area is 116 Å². The van der Waals surface area contributed by atoms with Gasteiger partial charge in [-0.15, -0.1) is 0 Å². The van der Waals surface area contributed by atoms with Gasteiger partial charge in [0, 0.05) is 26.3 Å². The van der Waals surface area contributed by atoms with Gasteiger partial charge in [0.15, 0.2) is 0 Å². The molecule has 0 aromatic heterocycles. The standard InChI is InChI=1S/C14H18F2N2O2/c1-8-12(4-5-20-8)18(3)14(19)9-6-10(15)13(17-2)11(16)7-9/h6-8,12,17H,4-5H2,1-3H3. The van der Waals surface area contributed by atoms with E-state index in [0.29, 0.717) is 6.61 Å². The zero-order valence-corrected chi connectivity index (χ0v) is 11.7. The largest absolute Gasteiger partial charge is 0.383 e. The van der Waals surface area contributed by atoms with E-state index in [4.69, 9.17) is 4.74 Å². The average molecular weight is 284 g/mol. The van der Waals surface area contributed by atoms with E-state index in [-0.39, 0.29) is 23.4 Å². The van der Waals surface area contributed by atoms with Gasteiger partial charge < -0.3 is 15.0 Å². The van der Waals surface area contributed by atoms with Gasteiger partial charge in [0.25, 0.3) is 5.91 Å². The zero-order chi connectivity index (χ0) is 14.9. The second kappa shape index (κ2) is 5.75. The first kappa shape index (κ1) is 14.7. The number of nitrogens with zero attached hydrogens (tertiary/aromatic N) is 1. The molecule has 2 atom stereocenters. The molecule has 0 spiro atoms. The molecule has 2 rings (SSSR count). The average Bonchev–Trinajstić information content (AvgIpc) is 2.83. The van der Waals surface area contributed by atoms with Gasteiger partial charge in [-0.05, 0) is 25.5 Å². The highest BCUT2D eigenvalue weighted by molar-refractivity contribution is 5.94. The van der Waals surface area contributed by atoms with E-state index in [0.717, 1.165) is 18.6 Å². The molecule has 1 aliphatic heterocycles. The third kappa shape index (κ3) is 2.60. The molecule has 20 heavy (non-hydrogen) atoms. The van der Waals surface area contributed by atoms with Crippen molar-refractivity contribution in [3.63, 3.8) is 0 Å². The van der Waals surface area contributed by atoms with Crippen molar-refractivity contribution < 1.29 is 18.3 Å². The van der Waals surface area contributed by atoms with E-state index in [1.165, 1.54) is 11.9 Å². The van der Waals surface area contributed by atoms with Crippen molar-refractivity contribution in [3.05, 3.63) is 29.3 Å². The molecule has 4 nitrogen and oxygen atoms in total. The minimum absolute atomic E-state index is 0.000556. The predicted molar refractivity (Wildman–Crippen MR) is 71.8 cm³/mol. The third-order valence-corrected chi connectivity index (χ3v) is 3.69. The smallest absolute Gasteiger partial charge is 0.254 e. The normalized spacial score (nSPS) is 21.9. The van der Waals surface area contributed by atoms with Crippen molar-refractivity contribution in [3.8, 4) is 0 Å². The van der Waals surface area contributed by atoms with Gasteiger partial charge in [0.1, 0.15) is 17.3 Å². The SMILES string of the molecule is CNc1c(F)cc(C(=O)N(C)C2CCOC2C)cc1F. The molecule has 1 aromatic carbocycles. The third-order valence-electron chi connectivity index (χ3n) is 3.69. The summed E-state index contributed by atoms with van der Waals surface area (Å²) >= 11 is 0. The Morgan fingerprint density at radius 2 is 2.00 bits per heavy atom. The molecule has 6 heteroatoms. The zero-order valence-electron chi connectivity index (χ0n) is 11.7. The number of carbonyl (C=O) groups excluding carboxylic acids is 1. The summed E-state index contributed by atoms with van der Waals surface area (Å²) in [6, 6.07) is 2.03. The van der Waals surface area contributed by atoms with Crippen molar-refractivity contribution in [2.24, 2.45) is 0 Å². The number of carbonyl (C=O) groups is 1. The maximum atomic E-state index is 13.7. The summed E-state index contributed by atoms with van der Waals surface area (Å²) < 4.78 is 32.8. The molecule has 1 heterocycles. The van der Waals surface area contributed by atoms with Crippen LogP contribution < -0.4 is 5.32 Å². The van der Waals surface area contributed by atoms with E-state index < -0.39 is 17.5 Å². The van der Waals surface area contributed by atoms with Crippen molar-refractivity contribution in [1.82, 2.24) is 4.90 Å². The summed E-state index contributed by atoms with van der Waals surface area (Å²) in [5.41, 5.74) is -0.234. The number of halogens is 2. The van der Waals surface area contributed by atoms with E-state index >= 15 is 0 Å². The molecule has 1 amide bonds. The maximum absolute atomic E-state index is 13.7.